The molecule has 0 amide bonds. The van der Waals surface area contributed by atoms with Crippen LogP contribution < -0.4 is 5.73 Å². The second-order valence-electron chi connectivity index (χ2n) is 2.96. The molecular formula is C8H13N3. The molecule has 0 aliphatic carbocycles. The highest BCUT2D eigenvalue weighted by Gasteiger charge is 2.02. The second-order valence-corrected chi connectivity index (χ2v) is 2.96. The topological polar surface area (TPSA) is 51.8 Å². The van der Waals surface area contributed by atoms with E-state index in [0.29, 0.717) is 5.92 Å². The van der Waals surface area contributed by atoms with Crippen molar-refractivity contribution in [2.24, 2.45) is 0 Å². The third-order valence-corrected chi connectivity index (χ3v) is 1.63. The Hall–Kier alpha value is -1.12. The van der Waals surface area contributed by atoms with Gasteiger partial charge in [-0.1, -0.05) is 13.8 Å². The first-order valence-corrected chi connectivity index (χ1v) is 3.71. The van der Waals surface area contributed by atoms with Crippen LogP contribution in [0.5, 0.6) is 0 Å². The molecule has 1 heterocycles. The van der Waals surface area contributed by atoms with Crippen LogP contribution in [0.4, 0.5) is 5.69 Å². The van der Waals surface area contributed by atoms with Gasteiger partial charge in [-0.3, -0.25) is 0 Å². The third-order valence-electron chi connectivity index (χ3n) is 1.63. The summed E-state index contributed by atoms with van der Waals surface area (Å²) in [5.41, 5.74) is 8.13. The van der Waals surface area contributed by atoms with Gasteiger partial charge < -0.3 is 5.73 Å². The molecule has 0 aliphatic heterocycles. The van der Waals surface area contributed by atoms with E-state index in [9.17, 15) is 0 Å². The van der Waals surface area contributed by atoms with Gasteiger partial charge in [0.05, 0.1) is 17.1 Å². The van der Waals surface area contributed by atoms with Crippen molar-refractivity contribution in [3.05, 3.63) is 17.5 Å². The van der Waals surface area contributed by atoms with Gasteiger partial charge in [0.25, 0.3) is 0 Å². The number of nitrogens with two attached hydrogens (primary N) is 1. The summed E-state index contributed by atoms with van der Waals surface area (Å²) in [5.74, 6) is 0.394. The molecule has 0 saturated heterocycles. The molecular weight excluding hydrogens is 138 g/mol. The summed E-state index contributed by atoms with van der Waals surface area (Å²) in [6.45, 7) is 5.99. The number of aryl methyl sites for hydroxylation is 1. The average Bonchev–Trinajstić information content (AvgIpc) is 1.94. The predicted molar refractivity (Wildman–Crippen MR) is 45.3 cm³/mol. The fourth-order valence-electron chi connectivity index (χ4n) is 0.765. The van der Waals surface area contributed by atoms with E-state index in [-0.39, 0.29) is 0 Å². The summed E-state index contributed by atoms with van der Waals surface area (Å²) in [6, 6.07) is 1.88. The molecule has 3 nitrogen and oxygen atoms in total. The van der Waals surface area contributed by atoms with E-state index in [4.69, 9.17) is 5.73 Å². The van der Waals surface area contributed by atoms with E-state index in [0.717, 1.165) is 17.1 Å². The first kappa shape index (κ1) is 7.98. The summed E-state index contributed by atoms with van der Waals surface area (Å²) >= 11 is 0. The summed E-state index contributed by atoms with van der Waals surface area (Å²) < 4.78 is 0. The van der Waals surface area contributed by atoms with Crippen LogP contribution in [0.1, 0.15) is 31.2 Å². The molecule has 1 aromatic heterocycles. The summed E-state index contributed by atoms with van der Waals surface area (Å²) in [4.78, 5) is 0. The van der Waals surface area contributed by atoms with Gasteiger partial charge in [-0.25, -0.2) is 0 Å². The van der Waals surface area contributed by atoms with Crippen LogP contribution in [-0.2, 0) is 0 Å². The van der Waals surface area contributed by atoms with Crippen LogP contribution in [0.25, 0.3) is 0 Å². The summed E-state index contributed by atoms with van der Waals surface area (Å²) in [6.07, 6.45) is 0. The van der Waals surface area contributed by atoms with Crippen molar-refractivity contribution in [2.45, 2.75) is 26.7 Å². The predicted octanol–water partition coefficient (Wildman–Crippen LogP) is 1.49. The number of hydrogen-bond donors (Lipinski definition) is 1. The lowest BCUT2D eigenvalue weighted by atomic mass is 10.1. The Balaban J connectivity index is 3.05. The fraction of sp³-hybridized carbons (Fsp3) is 0.500. The quantitative estimate of drug-likeness (QED) is 0.661. The first-order chi connectivity index (χ1) is 5.11. The van der Waals surface area contributed by atoms with Gasteiger partial charge in [-0.2, -0.15) is 10.2 Å². The van der Waals surface area contributed by atoms with E-state index < -0.39 is 0 Å². The normalized spacial score (nSPS) is 10.5. The molecule has 0 aromatic carbocycles. The average molecular weight is 151 g/mol. The molecule has 0 saturated carbocycles. The van der Waals surface area contributed by atoms with Gasteiger partial charge >= 0.3 is 0 Å². The maximum atomic E-state index is 5.66. The SMILES string of the molecule is Cc1nnc(C(C)C)cc1N. The monoisotopic (exact) mass is 151 g/mol. The second kappa shape index (κ2) is 2.86. The number of nitrogens with zero attached hydrogens (tertiary/aromatic N) is 2. The molecule has 2 N–H and O–H groups in total. The van der Waals surface area contributed by atoms with E-state index in [1.54, 1.807) is 0 Å². The largest absolute Gasteiger partial charge is 0.397 e. The number of hydrogen-bond acceptors (Lipinski definition) is 3. The van der Waals surface area contributed by atoms with Crippen molar-refractivity contribution in [2.75, 3.05) is 5.73 Å². The minimum Gasteiger partial charge on any atom is -0.397 e. The first-order valence-electron chi connectivity index (χ1n) is 3.71. The Bertz CT molecular complexity index is 256. The smallest absolute Gasteiger partial charge is 0.0829 e. The third kappa shape index (κ3) is 1.67. The summed E-state index contributed by atoms with van der Waals surface area (Å²) in [5, 5.41) is 7.93. The molecule has 1 aromatic rings. The maximum absolute atomic E-state index is 5.66. The van der Waals surface area contributed by atoms with Crippen molar-refractivity contribution in [1.82, 2.24) is 10.2 Å². The number of rotatable bonds is 1. The van der Waals surface area contributed by atoms with Gasteiger partial charge in [0.15, 0.2) is 0 Å². The van der Waals surface area contributed by atoms with E-state index >= 15 is 0 Å². The van der Waals surface area contributed by atoms with Gasteiger partial charge in [0.2, 0.25) is 0 Å². The van der Waals surface area contributed by atoms with Crippen LogP contribution in [0.15, 0.2) is 6.07 Å². The molecule has 11 heavy (non-hydrogen) atoms. The minimum atomic E-state index is 0.394. The van der Waals surface area contributed by atoms with Gasteiger partial charge in [0, 0.05) is 0 Å². The molecule has 60 valence electrons. The van der Waals surface area contributed by atoms with Crippen LogP contribution in [-0.4, -0.2) is 10.2 Å². The van der Waals surface area contributed by atoms with Crippen molar-refractivity contribution >= 4 is 5.69 Å². The molecule has 0 bridgehead atoms. The van der Waals surface area contributed by atoms with Crippen LogP contribution in [0.3, 0.4) is 0 Å². The minimum absolute atomic E-state index is 0.394. The van der Waals surface area contributed by atoms with Crippen molar-refractivity contribution in [1.29, 1.82) is 0 Å². The lowest BCUT2D eigenvalue weighted by molar-refractivity contribution is 0.779. The molecule has 3 heteroatoms. The Kier molecular flexibility index (Phi) is 2.08. The molecule has 0 atom stereocenters. The van der Waals surface area contributed by atoms with Crippen molar-refractivity contribution < 1.29 is 0 Å². The lowest BCUT2D eigenvalue weighted by Gasteiger charge is -2.04. The standard InChI is InChI=1S/C8H13N3/c1-5(2)8-4-7(9)6(3)10-11-8/h4-5H,1-3H3,(H2,9,11). The molecule has 0 fully saturated rings. The van der Waals surface area contributed by atoms with Gasteiger partial charge in [-0.05, 0) is 18.9 Å². The summed E-state index contributed by atoms with van der Waals surface area (Å²) in [7, 11) is 0. The maximum Gasteiger partial charge on any atom is 0.0829 e. The number of nitrogen functional groups attached to an aromatic ring is 1. The molecule has 0 radical (unpaired) electrons. The fourth-order valence-corrected chi connectivity index (χ4v) is 0.765. The van der Waals surface area contributed by atoms with E-state index in [2.05, 4.69) is 24.0 Å². The number of anilines is 1. The molecule has 1 rings (SSSR count). The zero-order valence-corrected chi connectivity index (χ0v) is 7.13. The van der Waals surface area contributed by atoms with E-state index in [1.807, 2.05) is 13.0 Å². The van der Waals surface area contributed by atoms with Gasteiger partial charge in [-0.15, -0.1) is 0 Å². The van der Waals surface area contributed by atoms with Crippen LogP contribution >= 0.6 is 0 Å². The Morgan fingerprint density at radius 1 is 1.36 bits per heavy atom. The van der Waals surface area contributed by atoms with E-state index in [1.165, 1.54) is 0 Å². The molecule has 0 unspecified atom stereocenters. The Labute approximate surface area is 66.6 Å². The van der Waals surface area contributed by atoms with Crippen molar-refractivity contribution in [3.63, 3.8) is 0 Å². The highest BCUT2D eigenvalue weighted by atomic mass is 15.1. The van der Waals surface area contributed by atoms with Gasteiger partial charge in [0.1, 0.15) is 0 Å². The lowest BCUT2D eigenvalue weighted by Crippen LogP contribution is -2.01. The van der Waals surface area contributed by atoms with Crippen LogP contribution in [0, 0.1) is 6.92 Å². The molecule has 0 aliphatic rings. The zero-order chi connectivity index (χ0) is 8.43. The molecule has 0 spiro atoms. The van der Waals surface area contributed by atoms with Crippen LogP contribution in [0.2, 0.25) is 0 Å². The highest BCUT2D eigenvalue weighted by Crippen LogP contribution is 2.14. The van der Waals surface area contributed by atoms with Crippen molar-refractivity contribution in [3.8, 4) is 0 Å². The zero-order valence-electron chi connectivity index (χ0n) is 7.13. The Morgan fingerprint density at radius 2 is 2.00 bits per heavy atom. The number of aromatic nitrogens is 2. The highest BCUT2D eigenvalue weighted by molar-refractivity contribution is 5.42. The Morgan fingerprint density at radius 3 is 2.45 bits per heavy atom.